The van der Waals surface area contributed by atoms with Crippen LogP contribution in [0.5, 0.6) is 0 Å². The summed E-state index contributed by atoms with van der Waals surface area (Å²) in [7, 11) is 0. The van der Waals surface area contributed by atoms with Crippen molar-refractivity contribution in [3.05, 3.63) is 34.3 Å². The summed E-state index contributed by atoms with van der Waals surface area (Å²) in [6.07, 6.45) is 1.35. The summed E-state index contributed by atoms with van der Waals surface area (Å²) >= 11 is 3.30. The molecule has 16 heavy (non-hydrogen) atoms. The predicted molar refractivity (Wildman–Crippen MR) is 62.2 cm³/mol. The van der Waals surface area contributed by atoms with Gasteiger partial charge in [-0.15, -0.1) is 0 Å². The van der Waals surface area contributed by atoms with Gasteiger partial charge in [-0.3, -0.25) is 9.59 Å². The highest BCUT2D eigenvalue weighted by molar-refractivity contribution is 9.10. The fourth-order valence-corrected chi connectivity index (χ4v) is 2.00. The molecule has 1 heterocycles. The van der Waals surface area contributed by atoms with Crippen molar-refractivity contribution in [3.8, 4) is 0 Å². The molecule has 4 heteroatoms. The lowest BCUT2D eigenvalue weighted by atomic mass is 9.92. The quantitative estimate of drug-likeness (QED) is 0.476. The molecule has 2 rings (SSSR count). The molecule has 1 saturated heterocycles. The van der Waals surface area contributed by atoms with E-state index in [1.807, 2.05) is 0 Å². The number of esters is 1. The zero-order valence-electron chi connectivity index (χ0n) is 8.61. The minimum atomic E-state index is -0.616. The van der Waals surface area contributed by atoms with Crippen LogP contribution in [0.15, 0.2) is 28.7 Å². The van der Waals surface area contributed by atoms with Crippen LogP contribution in [0.3, 0.4) is 0 Å². The van der Waals surface area contributed by atoms with Crippen molar-refractivity contribution in [2.75, 3.05) is 6.61 Å². The highest BCUT2D eigenvalue weighted by Gasteiger charge is 2.31. The van der Waals surface area contributed by atoms with Crippen molar-refractivity contribution in [3.63, 3.8) is 0 Å². The molecule has 0 spiro atoms. The van der Waals surface area contributed by atoms with Crippen molar-refractivity contribution >= 4 is 27.7 Å². The van der Waals surface area contributed by atoms with Crippen molar-refractivity contribution in [2.45, 2.75) is 12.8 Å². The number of ether oxygens (including phenoxy) is 1. The van der Waals surface area contributed by atoms with Gasteiger partial charge in [-0.1, -0.05) is 28.1 Å². The standard InChI is InChI=1S/C12H11BrO3/c13-9-5-3-8(4-6-9)11(14)10-2-1-7-16-12(10)15/h3-6,10H,1-2,7H2. The third kappa shape index (κ3) is 2.32. The normalized spacial score (nSPS) is 20.3. The number of cyclic esters (lactones) is 1. The molecule has 1 aliphatic heterocycles. The number of benzene rings is 1. The van der Waals surface area contributed by atoms with Crippen LogP contribution in [0, 0.1) is 5.92 Å². The lowest BCUT2D eigenvalue weighted by Gasteiger charge is -2.19. The highest BCUT2D eigenvalue weighted by Crippen LogP contribution is 2.21. The van der Waals surface area contributed by atoms with Crippen LogP contribution in [0.2, 0.25) is 0 Å². The van der Waals surface area contributed by atoms with E-state index in [4.69, 9.17) is 4.74 Å². The molecule has 1 unspecified atom stereocenters. The van der Waals surface area contributed by atoms with Crippen molar-refractivity contribution in [1.29, 1.82) is 0 Å². The molecule has 1 aromatic carbocycles. The van der Waals surface area contributed by atoms with E-state index in [1.165, 1.54) is 0 Å². The van der Waals surface area contributed by atoms with Gasteiger partial charge in [0.25, 0.3) is 0 Å². The molecule has 1 aliphatic rings. The van der Waals surface area contributed by atoms with E-state index >= 15 is 0 Å². The number of ketones is 1. The first-order valence-electron chi connectivity index (χ1n) is 5.15. The van der Waals surface area contributed by atoms with Gasteiger partial charge in [0.2, 0.25) is 0 Å². The fraction of sp³-hybridized carbons (Fsp3) is 0.333. The third-order valence-electron chi connectivity index (χ3n) is 2.61. The average molecular weight is 283 g/mol. The van der Waals surface area contributed by atoms with Gasteiger partial charge in [0.15, 0.2) is 5.78 Å². The van der Waals surface area contributed by atoms with Gasteiger partial charge >= 0.3 is 5.97 Å². The lowest BCUT2D eigenvalue weighted by Crippen LogP contribution is -2.30. The molecular formula is C12H11BrO3. The number of hydrogen-bond acceptors (Lipinski definition) is 3. The molecule has 3 nitrogen and oxygen atoms in total. The molecule has 0 saturated carbocycles. The first-order valence-corrected chi connectivity index (χ1v) is 5.94. The number of rotatable bonds is 2. The van der Waals surface area contributed by atoms with E-state index in [0.717, 1.165) is 10.9 Å². The van der Waals surface area contributed by atoms with Crippen LogP contribution in [0.25, 0.3) is 0 Å². The van der Waals surface area contributed by atoms with Crippen LogP contribution in [-0.2, 0) is 9.53 Å². The maximum Gasteiger partial charge on any atom is 0.316 e. The molecule has 84 valence electrons. The maximum atomic E-state index is 12.0. The molecule has 1 aromatic rings. The number of Topliss-reactive ketones (excluding diaryl/α,β-unsaturated/α-hetero) is 1. The minimum Gasteiger partial charge on any atom is -0.465 e. The van der Waals surface area contributed by atoms with E-state index in [0.29, 0.717) is 18.6 Å². The fourth-order valence-electron chi connectivity index (χ4n) is 1.73. The van der Waals surface area contributed by atoms with Gasteiger partial charge in [0, 0.05) is 10.0 Å². The largest absolute Gasteiger partial charge is 0.465 e. The van der Waals surface area contributed by atoms with Crippen LogP contribution in [0.4, 0.5) is 0 Å². The lowest BCUT2D eigenvalue weighted by molar-refractivity contribution is -0.150. The Labute approximate surface area is 102 Å². The second kappa shape index (κ2) is 4.78. The average Bonchev–Trinajstić information content (AvgIpc) is 2.30. The Morgan fingerprint density at radius 3 is 2.62 bits per heavy atom. The Morgan fingerprint density at radius 1 is 1.31 bits per heavy atom. The Kier molecular flexibility index (Phi) is 3.39. The van der Waals surface area contributed by atoms with Gasteiger partial charge in [0.05, 0.1) is 6.61 Å². The third-order valence-corrected chi connectivity index (χ3v) is 3.14. The molecular weight excluding hydrogens is 272 g/mol. The second-order valence-electron chi connectivity index (χ2n) is 3.73. The molecule has 0 radical (unpaired) electrons. The molecule has 0 aliphatic carbocycles. The van der Waals surface area contributed by atoms with E-state index in [9.17, 15) is 9.59 Å². The summed E-state index contributed by atoms with van der Waals surface area (Å²) in [5.41, 5.74) is 0.562. The maximum absolute atomic E-state index is 12.0. The van der Waals surface area contributed by atoms with Crippen LogP contribution >= 0.6 is 15.9 Å². The molecule has 0 N–H and O–H groups in total. The molecule has 1 fully saturated rings. The van der Waals surface area contributed by atoms with Crippen molar-refractivity contribution in [2.24, 2.45) is 5.92 Å². The van der Waals surface area contributed by atoms with Gasteiger partial charge in [-0.05, 0) is 25.0 Å². The summed E-state index contributed by atoms with van der Waals surface area (Å²) < 4.78 is 5.80. The highest BCUT2D eigenvalue weighted by atomic mass is 79.9. The Hall–Kier alpha value is -1.16. The zero-order valence-corrected chi connectivity index (χ0v) is 10.2. The first kappa shape index (κ1) is 11.3. The van der Waals surface area contributed by atoms with Gasteiger partial charge in [-0.25, -0.2) is 0 Å². The molecule has 0 aromatic heterocycles. The van der Waals surface area contributed by atoms with Crippen LogP contribution < -0.4 is 0 Å². The monoisotopic (exact) mass is 282 g/mol. The van der Waals surface area contributed by atoms with Gasteiger partial charge < -0.3 is 4.74 Å². The predicted octanol–water partition coefficient (Wildman–Crippen LogP) is 2.59. The number of carbonyl (C=O) groups excluding carboxylic acids is 2. The number of carbonyl (C=O) groups is 2. The topological polar surface area (TPSA) is 43.4 Å². The van der Waals surface area contributed by atoms with Crippen LogP contribution in [0.1, 0.15) is 23.2 Å². The van der Waals surface area contributed by atoms with Crippen LogP contribution in [-0.4, -0.2) is 18.4 Å². The Bertz CT molecular complexity index is 411. The molecule has 1 atom stereocenters. The summed E-state index contributed by atoms with van der Waals surface area (Å²) in [6, 6.07) is 7.02. The van der Waals surface area contributed by atoms with Gasteiger partial charge in [-0.2, -0.15) is 0 Å². The Balaban J connectivity index is 2.17. The summed E-state index contributed by atoms with van der Waals surface area (Å²) in [4.78, 5) is 23.4. The first-order chi connectivity index (χ1) is 7.68. The summed E-state index contributed by atoms with van der Waals surface area (Å²) in [5.74, 6) is -1.15. The second-order valence-corrected chi connectivity index (χ2v) is 4.65. The minimum absolute atomic E-state index is 0.141. The van der Waals surface area contributed by atoms with E-state index < -0.39 is 5.92 Å². The molecule has 0 bridgehead atoms. The zero-order chi connectivity index (χ0) is 11.5. The van der Waals surface area contributed by atoms with Crippen molar-refractivity contribution in [1.82, 2.24) is 0 Å². The van der Waals surface area contributed by atoms with E-state index in [-0.39, 0.29) is 11.8 Å². The number of halogens is 1. The SMILES string of the molecule is O=C1OCCCC1C(=O)c1ccc(Br)cc1. The number of hydrogen-bond donors (Lipinski definition) is 0. The van der Waals surface area contributed by atoms with Crippen molar-refractivity contribution < 1.29 is 14.3 Å². The Morgan fingerprint density at radius 2 is 2.00 bits per heavy atom. The summed E-state index contributed by atoms with van der Waals surface area (Å²) in [5, 5.41) is 0. The summed E-state index contributed by atoms with van der Waals surface area (Å²) in [6.45, 7) is 0.433. The smallest absolute Gasteiger partial charge is 0.316 e. The van der Waals surface area contributed by atoms with Gasteiger partial charge in [0.1, 0.15) is 5.92 Å². The van der Waals surface area contributed by atoms with E-state index in [2.05, 4.69) is 15.9 Å². The molecule has 0 amide bonds. The van der Waals surface area contributed by atoms with E-state index in [1.54, 1.807) is 24.3 Å².